The fraction of sp³-hybridized carbons (Fsp3) is 0.438. The second-order valence-electron chi connectivity index (χ2n) is 5.31. The van der Waals surface area contributed by atoms with E-state index in [1.165, 1.54) is 13.2 Å². The van der Waals surface area contributed by atoms with Crippen LogP contribution in [0.2, 0.25) is 5.02 Å². The molecule has 1 atom stereocenters. The molecule has 0 bridgehead atoms. The van der Waals surface area contributed by atoms with E-state index in [0.717, 1.165) is 0 Å². The predicted octanol–water partition coefficient (Wildman–Crippen LogP) is 1.55. The molecule has 6 nitrogen and oxygen atoms in total. The minimum atomic E-state index is -0.636. The zero-order valence-electron chi connectivity index (χ0n) is 13.5. The van der Waals surface area contributed by atoms with Crippen LogP contribution in [0.4, 0.5) is 0 Å². The van der Waals surface area contributed by atoms with Gasteiger partial charge in [0.2, 0.25) is 0 Å². The minimum Gasteiger partial charge on any atom is -0.489 e. The third kappa shape index (κ3) is 6.90. The smallest absolute Gasteiger partial charge is 0.353 e. The topological polar surface area (TPSA) is 93.8 Å². The van der Waals surface area contributed by atoms with Crippen molar-refractivity contribution in [2.45, 2.75) is 26.0 Å². The van der Waals surface area contributed by atoms with Crippen LogP contribution in [0.1, 0.15) is 19.4 Å². The first-order valence-electron chi connectivity index (χ1n) is 7.22. The SMILES string of the molecule is COC(=O)C(N)=Cc1ccc(OCC(O)CNC(C)C)c(Cl)c1. The third-order valence-electron chi connectivity index (χ3n) is 2.89. The standard InChI is InChI=1S/C16H23ClN2O4/c1-10(2)19-8-12(20)9-23-15-5-4-11(6-13(15)17)7-14(18)16(21)22-3/h4-7,10,12,19-20H,8-9,18H2,1-3H3. The molecule has 0 radical (unpaired) electrons. The summed E-state index contributed by atoms with van der Waals surface area (Å²) in [5.74, 6) is -0.161. The summed E-state index contributed by atoms with van der Waals surface area (Å²) in [5, 5.41) is 13.3. The van der Waals surface area contributed by atoms with Gasteiger partial charge in [-0.2, -0.15) is 0 Å². The highest BCUT2D eigenvalue weighted by Crippen LogP contribution is 2.26. The highest BCUT2D eigenvalue weighted by atomic mass is 35.5. The lowest BCUT2D eigenvalue weighted by Crippen LogP contribution is -2.35. The second kappa shape index (κ2) is 9.39. The van der Waals surface area contributed by atoms with Gasteiger partial charge in [0.1, 0.15) is 24.2 Å². The summed E-state index contributed by atoms with van der Waals surface area (Å²) >= 11 is 6.13. The Kier molecular flexibility index (Phi) is 7.88. The van der Waals surface area contributed by atoms with E-state index in [1.54, 1.807) is 18.2 Å². The fourth-order valence-electron chi connectivity index (χ4n) is 1.70. The summed E-state index contributed by atoms with van der Waals surface area (Å²) in [6, 6.07) is 5.27. The number of hydrogen-bond acceptors (Lipinski definition) is 6. The van der Waals surface area contributed by atoms with Crippen molar-refractivity contribution in [3.8, 4) is 5.75 Å². The molecule has 7 heteroatoms. The van der Waals surface area contributed by atoms with Gasteiger partial charge in [-0.15, -0.1) is 0 Å². The molecular formula is C16H23ClN2O4. The maximum Gasteiger partial charge on any atom is 0.353 e. The summed E-state index contributed by atoms with van der Waals surface area (Å²) in [5.41, 5.74) is 6.20. The summed E-state index contributed by atoms with van der Waals surface area (Å²) in [4.78, 5) is 11.2. The van der Waals surface area contributed by atoms with Crippen LogP contribution in [0.5, 0.6) is 5.75 Å². The molecule has 0 aliphatic heterocycles. The lowest BCUT2D eigenvalue weighted by molar-refractivity contribution is -0.136. The van der Waals surface area contributed by atoms with Crippen LogP contribution in [0.3, 0.4) is 0 Å². The van der Waals surface area contributed by atoms with Crippen molar-refractivity contribution >= 4 is 23.6 Å². The Morgan fingerprint density at radius 1 is 1.48 bits per heavy atom. The van der Waals surface area contributed by atoms with Gasteiger partial charge in [-0.05, 0) is 23.8 Å². The number of aliphatic hydroxyl groups excluding tert-OH is 1. The van der Waals surface area contributed by atoms with Gasteiger partial charge in [0, 0.05) is 12.6 Å². The van der Waals surface area contributed by atoms with Gasteiger partial charge in [0.05, 0.1) is 12.1 Å². The molecule has 1 aromatic rings. The lowest BCUT2D eigenvalue weighted by Gasteiger charge is -2.15. The number of nitrogens with two attached hydrogens (primary N) is 1. The van der Waals surface area contributed by atoms with E-state index < -0.39 is 12.1 Å². The van der Waals surface area contributed by atoms with Crippen molar-refractivity contribution < 1.29 is 19.4 Å². The minimum absolute atomic E-state index is 0.0209. The number of ether oxygens (including phenoxy) is 2. The average molecular weight is 343 g/mol. The summed E-state index contributed by atoms with van der Waals surface area (Å²) in [6.07, 6.45) is 0.825. The lowest BCUT2D eigenvalue weighted by atomic mass is 10.2. The molecule has 0 aliphatic rings. The Morgan fingerprint density at radius 2 is 2.17 bits per heavy atom. The molecule has 128 valence electrons. The summed E-state index contributed by atoms with van der Waals surface area (Å²) in [6.45, 7) is 4.55. The molecule has 0 fully saturated rings. The van der Waals surface area contributed by atoms with E-state index >= 15 is 0 Å². The second-order valence-corrected chi connectivity index (χ2v) is 5.72. The highest BCUT2D eigenvalue weighted by Gasteiger charge is 2.09. The van der Waals surface area contributed by atoms with Crippen molar-refractivity contribution in [3.05, 3.63) is 34.5 Å². The van der Waals surface area contributed by atoms with Gasteiger partial charge in [-0.25, -0.2) is 4.79 Å². The number of aliphatic hydroxyl groups is 1. The zero-order chi connectivity index (χ0) is 17.4. The van der Waals surface area contributed by atoms with Gasteiger partial charge >= 0.3 is 5.97 Å². The van der Waals surface area contributed by atoms with Crippen LogP contribution in [0, 0.1) is 0 Å². The summed E-state index contributed by atoms with van der Waals surface area (Å²) in [7, 11) is 1.26. The number of methoxy groups -OCH3 is 1. The number of hydrogen-bond donors (Lipinski definition) is 3. The number of carbonyl (C=O) groups excluding carboxylic acids is 1. The Morgan fingerprint density at radius 3 is 2.74 bits per heavy atom. The van der Waals surface area contributed by atoms with Gasteiger partial charge in [0.15, 0.2) is 0 Å². The number of carbonyl (C=O) groups is 1. The Balaban J connectivity index is 2.65. The van der Waals surface area contributed by atoms with Crippen molar-refractivity contribution in [2.75, 3.05) is 20.3 Å². The third-order valence-corrected chi connectivity index (χ3v) is 3.19. The summed E-state index contributed by atoms with van der Waals surface area (Å²) < 4.78 is 10.0. The maximum atomic E-state index is 11.2. The molecule has 0 amide bonds. The van der Waals surface area contributed by atoms with Gasteiger partial charge < -0.3 is 25.6 Å². The highest BCUT2D eigenvalue weighted by molar-refractivity contribution is 6.32. The number of esters is 1. The quantitative estimate of drug-likeness (QED) is 0.490. The first-order valence-corrected chi connectivity index (χ1v) is 7.60. The number of nitrogens with one attached hydrogen (secondary N) is 1. The molecule has 0 saturated carbocycles. The van der Waals surface area contributed by atoms with Gasteiger partial charge in [-0.1, -0.05) is 31.5 Å². The van der Waals surface area contributed by atoms with E-state index in [2.05, 4.69) is 10.1 Å². The van der Waals surface area contributed by atoms with Crippen LogP contribution in [-0.2, 0) is 9.53 Å². The predicted molar refractivity (Wildman–Crippen MR) is 90.3 cm³/mol. The monoisotopic (exact) mass is 342 g/mol. The molecule has 4 N–H and O–H groups in total. The Bertz CT molecular complexity index is 561. The van der Waals surface area contributed by atoms with Crippen molar-refractivity contribution in [3.63, 3.8) is 0 Å². The number of rotatable bonds is 8. The normalized spacial score (nSPS) is 13.0. The first-order chi connectivity index (χ1) is 10.8. The molecule has 1 unspecified atom stereocenters. The molecule has 0 saturated heterocycles. The van der Waals surface area contributed by atoms with Crippen LogP contribution in [-0.4, -0.2) is 43.5 Å². The largest absolute Gasteiger partial charge is 0.489 e. The van der Waals surface area contributed by atoms with E-state index in [4.69, 9.17) is 22.1 Å². The Hall–Kier alpha value is -1.76. The Labute approximate surface area is 141 Å². The molecule has 0 aromatic heterocycles. The molecule has 1 aromatic carbocycles. The molecular weight excluding hydrogens is 320 g/mol. The van der Waals surface area contributed by atoms with Gasteiger partial charge in [0.25, 0.3) is 0 Å². The molecule has 0 spiro atoms. The van der Waals surface area contributed by atoms with Gasteiger partial charge in [-0.3, -0.25) is 0 Å². The fourth-order valence-corrected chi connectivity index (χ4v) is 1.94. The van der Waals surface area contributed by atoms with Crippen molar-refractivity contribution in [2.24, 2.45) is 5.73 Å². The van der Waals surface area contributed by atoms with E-state index in [-0.39, 0.29) is 12.3 Å². The van der Waals surface area contributed by atoms with Crippen LogP contribution >= 0.6 is 11.6 Å². The van der Waals surface area contributed by atoms with Crippen LogP contribution in [0.15, 0.2) is 23.9 Å². The van der Waals surface area contributed by atoms with Crippen LogP contribution in [0.25, 0.3) is 6.08 Å². The van der Waals surface area contributed by atoms with Crippen LogP contribution < -0.4 is 15.8 Å². The number of benzene rings is 1. The van der Waals surface area contributed by atoms with E-state index in [9.17, 15) is 9.90 Å². The van der Waals surface area contributed by atoms with Crippen molar-refractivity contribution in [1.29, 1.82) is 0 Å². The van der Waals surface area contributed by atoms with E-state index in [0.29, 0.717) is 28.9 Å². The first kappa shape index (κ1) is 19.3. The van der Waals surface area contributed by atoms with Crippen molar-refractivity contribution in [1.82, 2.24) is 5.32 Å². The molecule has 23 heavy (non-hydrogen) atoms. The molecule has 0 aliphatic carbocycles. The molecule has 1 rings (SSSR count). The molecule has 0 heterocycles. The van der Waals surface area contributed by atoms with E-state index in [1.807, 2.05) is 13.8 Å². The maximum absolute atomic E-state index is 11.2. The average Bonchev–Trinajstić information content (AvgIpc) is 2.51. The zero-order valence-corrected chi connectivity index (χ0v) is 14.3. The number of halogens is 1.